The van der Waals surface area contributed by atoms with Gasteiger partial charge in [-0.05, 0) is 13.1 Å². The van der Waals surface area contributed by atoms with Crippen LogP contribution in [0.2, 0.25) is 0 Å². The maximum Gasteiger partial charge on any atom is 0.0500 e. The summed E-state index contributed by atoms with van der Waals surface area (Å²) in [6, 6.07) is 0. The quantitative estimate of drug-likeness (QED) is 0.261. The first-order chi connectivity index (χ1) is 6.31. The van der Waals surface area contributed by atoms with Gasteiger partial charge in [-0.2, -0.15) is 0 Å². The van der Waals surface area contributed by atoms with Crippen LogP contribution in [0.4, 0.5) is 0 Å². The molecule has 0 spiro atoms. The highest BCUT2D eigenvalue weighted by atomic mass is 127. The third kappa shape index (κ3) is 10.3. The van der Waals surface area contributed by atoms with E-state index in [0.29, 0.717) is 3.92 Å². The Balaban J connectivity index is 3.01. The van der Waals surface area contributed by atoms with Crippen LogP contribution in [0.15, 0.2) is 4.99 Å². The summed E-state index contributed by atoms with van der Waals surface area (Å²) in [5.74, 6) is 0. The lowest BCUT2D eigenvalue weighted by molar-refractivity contribution is 0.587. The molecule has 0 saturated heterocycles. The van der Waals surface area contributed by atoms with Crippen LogP contribution < -0.4 is 0 Å². The summed E-state index contributed by atoms with van der Waals surface area (Å²) in [7, 11) is 0. The number of rotatable bonds is 9. The Labute approximate surface area is 96.5 Å². The topological polar surface area (TPSA) is 12.4 Å². The minimum absolute atomic E-state index is 0.710. The van der Waals surface area contributed by atoms with Gasteiger partial charge in [0, 0.05) is 10.5 Å². The van der Waals surface area contributed by atoms with Gasteiger partial charge < -0.3 is 0 Å². The second-order valence-electron chi connectivity index (χ2n) is 3.56. The molecule has 2 heteroatoms. The zero-order valence-corrected chi connectivity index (χ0v) is 10.9. The third-order valence-electron chi connectivity index (χ3n) is 2.20. The van der Waals surface area contributed by atoms with Gasteiger partial charge in [0.15, 0.2) is 0 Å². The van der Waals surface area contributed by atoms with Crippen molar-refractivity contribution in [2.45, 2.75) is 55.8 Å². The molecule has 13 heavy (non-hydrogen) atoms. The first-order valence-electron chi connectivity index (χ1n) is 5.37. The average molecular weight is 295 g/mol. The lowest BCUT2D eigenvalue weighted by Crippen LogP contribution is -2.01. The van der Waals surface area contributed by atoms with E-state index in [1.54, 1.807) is 0 Å². The number of hydrogen-bond donors (Lipinski definition) is 0. The summed E-state index contributed by atoms with van der Waals surface area (Å²) in [6.07, 6.45) is 9.66. The lowest BCUT2D eigenvalue weighted by atomic mass is 10.1. The standard InChI is InChI=1S/C11H22IN/c1-3-4-5-6-7-8-9-11(12)10-13-2/h11H,2-10H2,1H3. The number of alkyl halides is 1. The number of nitrogens with zero attached hydrogens (tertiary/aromatic N) is 1. The summed E-state index contributed by atoms with van der Waals surface area (Å²) in [6.45, 7) is 6.70. The number of unbranched alkanes of at least 4 members (excludes halogenated alkanes) is 5. The first-order valence-corrected chi connectivity index (χ1v) is 6.62. The minimum Gasteiger partial charge on any atom is -0.300 e. The highest BCUT2D eigenvalue weighted by Crippen LogP contribution is 2.13. The molecule has 0 amide bonds. The molecular formula is C11H22IN. The summed E-state index contributed by atoms with van der Waals surface area (Å²) < 4.78 is 0.710. The fourth-order valence-electron chi connectivity index (χ4n) is 1.38. The largest absolute Gasteiger partial charge is 0.300 e. The van der Waals surface area contributed by atoms with Gasteiger partial charge >= 0.3 is 0 Å². The van der Waals surface area contributed by atoms with E-state index in [1.165, 1.54) is 44.9 Å². The average Bonchev–Trinajstić information content (AvgIpc) is 2.11. The second kappa shape index (κ2) is 10.5. The molecule has 1 nitrogen and oxygen atoms in total. The Kier molecular flexibility index (Phi) is 10.8. The number of halogens is 1. The van der Waals surface area contributed by atoms with Crippen LogP contribution in [0.5, 0.6) is 0 Å². The zero-order valence-electron chi connectivity index (χ0n) is 8.77. The van der Waals surface area contributed by atoms with E-state index in [-0.39, 0.29) is 0 Å². The fraction of sp³-hybridized carbons (Fsp3) is 0.909. The van der Waals surface area contributed by atoms with Crippen LogP contribution in [-0.2, 0) is 0 Å². The Morgan fingerprint density at radius 2 is 1.77 bits per heavy atom. The molecule has 1 atom stereocenters. The predicted octanol–water partition coefficient (Wildman–Crippen LogP) is 4.24. The highest BCUT2D eigenvalue weighted by Gasteiger charge is 2.00. The predicted molar refractivity (Wildman–Crippen MR) is 70.2 cm³/mol. The zero-order chi connectivity index (χ0) is 9.94. The Hall–Kier alpha value is 0.400. The van der Waals surface area contributed by atoms with Gasteiger partial charge in [0.1, 0.15) is 0 Å². The van der Waals surface area contributed by atoms with Crippen molar-refractivity contribution in [2.75, 3.05) is 6.54 Å². The van der Waals surface area contributed by atoms with Crippen LogP contribution >= 0.6 is 22.6 Å². The molecule has 0 aromatic heterocycles. The molecule has 1 unspecified atom stereocenters. The number of hydrogen-bond acceptors (Lipinski definition) is 1. The number of aliphatic imine (C=N–C) groups is 1. The fourth-order valence-corrected chi connectivity index (χ4v) is 2.10. The van der Waals surface area contributed by atoms with Gasteiger partial charge in [-0.1, -0.05) is 68.0 Å². The van der Waals surface area contributed by atoms with E-state index in [9.17, 15) is 0 Å². The van der Waals surface area contributed by atoms with Gasteiger partial charge in [-0.25, -0.2) is 0 Å². The molecule has 78 valence electrons. The van der Waals surface area contributed by atoms with Crippen molar-refractivity contribution in [3.05, 3.63) is 0 Å². The first kappa shape index (κ1) is 13.4. The van der Waals surface area contributed by atoms with Crippen LogP contribution in [0.1, 0.15) is 51.9 Å². The second-order valence-corrected chi connectivity index (χ2v) is 5.32. The van der Waals surface area contributed by atoms with Crippen LogP contribution in [0, 0.1) is 0 Å². The molecule has 0 radical (unpaired) electrons. The molecule has 0 rings (SSSR count). The third-order valence-corrected chi connectivity index (χ3v) is 3.21. The summed E-state index contributed by atoms with van der Waals surface area (Å²) in [5.41, 5.74) is 0. The van der Waals surface area contributed by atoms with E-state index >= 15 is 0 Å². The van der Waals surface area contributed by atoms with Gasteiger partial charge in [0.25, 0.3) is 0 Å². The van der Waals surface area contributed by atoms with Gasteiger partial charge in [-0.3, -0.25) is 4.99 Å². The Morgan fingerprint density at radius 3 is 2.38 bits per heavy atom. The highest BCUT2D eigenvalue weighted by molar-refractivity contribution is 14.1. The lowest BCUT2D eigenvalue weighted by Gasteiger charge is -2.05. The molecule has 0 aliphatic carbocycles. The molecule has 0 aliphatic rings. The Bertz CT molecular complexity index is 115. The van der Waals surface area contributed by atoms with E-state index in [2.05, 4.69) is 41.2 Å². The molecule has 0 aliphatic heterocycles. The van der Waals surface area contributed by atoms with E-state index < -0.39 is 0 Å². The van der Waals surface area contributed by atoms with E-state index in [1.807, 2.05) is 0 Å². The smallest absolute Gasteiger partial charge is 0.0500 e. The van der Waals surface area contributed by atoms with Crippen LogP contribution in [-0.4, -0.2) is 17.2 Å². The SMILES string of the molecule is C=NCC(I)CCCCCCCC. The van der Waals surface area contributed by atoms with E-state index in [4.69, 9.17) is 0 Å². The molecule has 0 heterocycles. The van der Waals surface area contributed by atoms with Gasteiger partial charge in [0.2, 0.25) is 0 Å². The molecule has 0 bridgehead atoms. The molecule has 0 aromatic carbocycles. The minimum atomic E-state index is 0.710. The van der Waals surface area contributed by atoms with Crippen molar-refractivity contribution in [2.24, 2.45) is 4.99 Å². The molecule has 0 saturated carbocycles. The van der Waals surface area contributed by atoms with Crippen molar-refractivity contribution in [1.82, 2.24) is 0 Å². The van der Waals surface area contributed by atoms with Crippen molar-refractivity contribution >= 4 is 29.3 Å². The van der Waals surface area contributed by atoms with Crippen LogP contribution in [0.25, 0.3) is 0 Å². The summed E-state index contributed by atoms with van der Waals surface area (Å²) in [4.78, 5) is 3.91. The molecule has 0 N–H and O–H groups in total. The van der Waals surface area contributed by atoms with Crippen molar-refractivity contribution in [3.8, 4) is 0 Å². The summed E-state index contributed by atoms with van der Waals surface area (Å²) >= 11 is 2.48. The van der Waals surface area contributed by atoms with Gasteiger partial charge in [-0.15, -0.1) is 0 Å². The molecule has 0 fully saturated rings. The molecular weight excluding hydrogens is 273 g/mol. The van der Waals surface area contributed by atoms with Crippen molar-refractivity contribution in [3.63, 3.8) is 0 Å². The summed E-state index contributed by atoms with van der Waals surface area (Å²) in [5, 5.41) is 0. The van der Waals surface area contributed by atoms with E-state index in [0.717, 1.165) is 6.54 Å². The van der Waals surface area contributed by atoms with Crippen molar-refractivity contribution in [1.29, 1.82) is 0 Å². The maximum atomic E-state index is 3.91. The van der Waals surface area contributed by atoms with Crippen molar-refractivity contribution < 1.29 is 0 Å². The normalized spacial score (nSPS) is 12.8. The van der Waals surface area contributed by atoms with Gasteiger partial charge in [0.05, 0.1) is 0 Å². The maximum absolute atomic E-state index is 3.91. The molecule has 0 aromatic rings. The van der Waals surface area contributed by atoms with Crippen LogP contribution in [0.3, 0.4) is 0 Å². The monoisotopic (exact) mass is 295 g/mol. The Morgan fingerprint density at radius 1 is 1.15 bits per heavy atom.